The summed E-state index contributed by atoms with van der Waals surface area (Å²) < 4.78 is 0. The first-order valence-electron chi connectivity index (χ1n) is 17.9. The summed E-state index contributed by atoms with van der Waals surface area (Å²) in [5, 5.41) is 20.4. The zero-order valence-electron chi connectivity index (χ0n) is 28.0. The van der Waals surface area contributed by atoms with Crippen LogP contribution in [0.15, 0.2) is 0 Å². The van der Waals surface area contributed by atoms with E-state index in [1.807, 2.05) is 0 Å². The SMILES string of the molecule is CCCCCCCCCCCCCCCCCC(=O)[O-].CCCCCCCCCCCCCCCCCC(=O)[O-].[Zn]. The van der Waals surface area contributed by atoms with Crippen LogP contribution in [0.5, 0.6) is 0 Å². The minimum Gasteiger partial charge on any atom is -0.550 e. The van der Waals surface area contributed by atoms with Crippen LogP contribution in [0.2, 0.25) is 0 Å². The van der Waals surface area contributed by atoms with Crippen LogP contribution in [-0.4, -0.2) is 11.9 Å². The van der Waals surface area contributed by atoms with Crippen molar-refractivity contribution in [2.24, 2.45) is 0 Å². The molecule has 0 aliphatic heterocycles. The molecule has 0 unspecified atom stereocenters. The molecular formula is C36H70O4Zn-2. The van der Waals surface area contributed by atoms with E-state index in [-0.39, 0.29) is 32.3 Å². The largest absolute Gasteiger partial charge is 0.550 e. The van der Waals surface area contributed by atoms with Crippen molar-refractivity contribution in [2.45, 2.75) is 219 Å². The van der Waals surface area contributed by atoms with Gasteiger partial charge in [-0.15, -0.1) is 0 Å². The Labute approximate surface area is 269 Å². The molecule has 5 heteroatoms. The molecule has 0 saturated heterocycles. The number of carboxylic acids is 2. The number of hydrogen-bond donors (Lipinski definition) is 0. The quantitative estimate of drug-likeness (QED) is 0.0546. The van der Waals surface area contributed by atoms with Crippen LogP contribution < -0.4 is 10.2 Å². The Hall–Kier alpha value is -0.437. The van der Waals surface area contributed by atoms with E-state index >= 15 is 0 Å². The second kappa shape index (κ2) is 41.7. The molecule has 0 N–H and O–H groups in total. The summed E-state index contributed by atoms with van der Waals surface area (Å²) in [6.45, 7) is 4.53. The van der Waals surface area contributed by atoms with Crippen molar-refractivity contribution in [3.05, 3.63) is 0 Å². The van der Waals surface area contributed by atoms with Gasteiger partial charge in [-0.25, -0.2) is 0 Å². The molecular weight excluding hydrogens is 562 g/mol. The van der Waals surface area contributed by atoms with E-state index < -0.39 is 11.9 Å². The fourth-order valence-corrected chi connectivity index (χ4v) is 5.28. The van der Waals surface area contributed by atoms with Crippen LogP contribution in [0.25, 0.3) is 0 Å². The smallest absolute Gasteiger partial charge is 0.0414 e. The maximum absolute atomic E-state index is 10.2. The molecule has 41 heavy (non-hydrogen) atoms. The molecule has 0 aliphatic carbocycles. The average Bonchev–Trinajstić information content (AvgIpc) is 2.93. The zero-order chi connectivity index (χ0) is 29.8. The predicted molar refractivity (Wildman–Crippen MR) is 169 cm³/mol. The van der Waals surface area contributed by atoms with Gasteiger partial charge in [-0.2, -0.15) is 0 Å². The Morgan fingerprint density at radius 3 is 0.610 bits per heavy atom. The summed E-state index contributed by atoms with van der Waals surface area (Å²) in [6, 6.07) is 0. The van der Waals surface area contributed by atoms with Crippen molar-refractivity contribution in [2.75, 3.05) is 0 Å². The van der Waals surface area contributed by atoms with Gasteiger partial charge >= 0.3 is 0 Å². The Balaban J connectivity index is -0.000000688. The standard InChI is InChI=1S/2C18H36O2.Zn/c2*1-2-3-4-5-6-7-8-9-10-11-12-13-14-15-16-17-18(19)20;/h2*2-17H2,1H3,(H,19,20);/p-2. The first-order chi connectivity index (χ1) is 19.5. The van der Waals surface area contributed by atoms with Crippen molar-refractivity contribution in [3.63, 3.8) is 0 Å². The number of unbranched alkanes of at least 4 members (excludes halogenated alkanes) is 28. The van der Waals surface area contributed by atoms with Crippen molar-refractivity contribution in [1.82, 2.24) is 0 Å². The van der Waals surface area contributed by atoms with Crippen LogP contribution in [0.4, 0.5) is 0 Å². The Morgan fingerprint density at radius 2 is 0.463 bits per heavy atom. The fraction of sp³-hybridized carbons (Fsp3) is 0.944. The number of carboxylic acid groups (broad SMARTS) is 2. The topological polar surface area (TPSA) is 80.3 Å². The first-order valence-corrected chi connectivity index (χ1v) is 17.9. The molecule has 0 rings (SSSR count). The summed E-state index contributed by atoms with van der Waals surface area (Å²) >= 11 is 0. The molecule has 0 radical (unpaired) electrons. The third-order valence-corrected chi connectivity index (χ3v) is 7.97. The minimum absolute atomic E-state index is 0. The van der Waals surface area contributed by atoms with Gasteiger partial charge in [-0.05, 0) is 25.7 Å². The van der Waals surface area contributed by atoms with E-state index in [4.69, 9.17) is 0 Å². The molecule has 0 aliphatic rings. The molecule has 4 nitrogen and oxygen atoms in total. The number of aliphatic carboxylic acids is 2. The Bertz CT molecular complexity index is 454. The van der Waals surface area contributed by atoms with Gasteiger partial charge in [0.1, 0.15) is 0 Å². The van der Waals surface area contributed by atoms with Crippen molar-refractivity contribution in [1.29, 1.82) is 0 Å². The molecule has 0 aromatic carbocycles. The van der Waals surface area contributed by atoms with Crippen molar-refractivity contribution < 1.29 is 39.3 Å². The van der Waals surface area contributed by atoms with Crippen molar-refractivity contribution in [3.8, 4) is 0 Å². The van der Waals surface area contributed by atoms with Crippen LogP contribution in [0.1, 0.15) is 219 Å². The molecule has 0 fully saturated rings. The normalized spacial score (nSPS) is 10.6. The maximum Gasteiger partial charge on any atom is 0.0414 e. The molecule has 0 spiro atoms. The van der Waals surface area contributed by atoms with E-state index in [9.17, 15) is 19.8 Å². The molecule has 0 atom stereocenters. The molecule has 0 bridgehead atoms. The van der Waals surface area contributed by atoms with Crippen LogP contribution in [0, 0.1) is 0 Å². The van der Waals surface area contributed by atoms with Gasteiger partial charge in [0, 0.05) is 31.4 Å². The van der Waals surface area contributed by atoms with Crippen LogP contribution in [0.3, 0.4) is 0 Å². The Kier molecular flexibility index (Phi) is 45.8. The fourth-order valence-electron chi connectivity index (χ4n) is 5.28. The molecule has 0 aromatic rings. The number of hydrogen-bond acceptors (Lipinski definition) is 4. The average molecular weight is 632 g/mol. The molecule has 242 valence electrons. The van der Waals surface area contributed by atoms with Gasteiger partial charge < -0.3 is 19.8 Å². The number of carbonyl (C=O) groups excluding carboxylic acids is 2. The minimum atomic E-state index is -0.903. The third-order valence-electron chi connectivity index (χ3n) is 7.97. The Morgan fingerprint density at radius 1 is 0.317 bits per heavy atom. The van der Waals surface area contributed by atoms with Gasteiger partial charge in [-0.1, -0.05) is 194 Å². The first kappa shape index (κ1) is 45.0. The number of rotatable bonds is 32. The van der Waals surface area contributed by atoms with Gasteiger partial charge in [0.15, 0.2) is 0 Å². The van der Waals surface area contributed by atoms with E-state index in [1.54, 1.807) is 0 Å². The van der Waals surface area contributed by atoms with E-state index in [2.05, 4.69) is 13.8 Å². The van der Waals surface area contributed by atoms with Gasteiger partial charge in [-0.3, -0.25) is 0 Å². The van der Waals surface area contributed by atoms with Gasteiger partial charge in [0.25, 0.3) is 0 Å². The zero-order valence-corrected chi connectivity index (χ0v) is 30.9. The van der Waals surface area contributed by atoms with Gasteiger partial charge in [0.05, 0.1) is 0 Å². The summed E-state index contributed by atoms with van der Waals surface area (Å²) in [5.41, 5.74) is 0. The maximum atomic E-state index is 10.2. The van der Waals surface area contributed by atoms with E-state index in [0.29, 0.717) is 0 Å². The van der Waals surface area contributed by atoms with Crippen LogP contribution in [-0.2, 0) is 29.1 Å². The third kappa shape index (κ3) is 49.6. The second-order valence-electron chi connectivity index (χ2n) is 12.1. The molecule has 0 amide bonds. The summed E-state index contributed by atoms with van der Waals surface area (Å²) in [5.74, 6) is -1.81. The van der Waals surface area contributed by atoms with E-state index in [1.165, 1.54) is 167 Å². The molecule has 0 aromatic heterocycles. The molecule has 0 saturated carbocycles. The van der Waals surface area contributed by atoms with Gasteiger partial charge in [0.2, 0.25) is 0 Å². The van der Waals surface area contributed by atoms with E-state index in [0.717, 1.165) is 25.7 Å². The summed E-state index contributed by atoms with van der Waals surface area (Å²) in [7, 11) is 0. The molecule has 0 heterocycles. The monoisotopic (exact) mass is 630 g/mol. The number of carbonyl (C=O) groups is 2. The summed E-state index contributed by atoms with van der Waals surface area (Å²) in [4.78, 5) is 20.4. The predicted octanol–water partition coefficient (Wildman–Crippen LogP) is 9.99. The summed E-state index contributed by atoms with van der Waals surface area (Å²) in [6.07, 6.45) is 39.7. The van der Waals surface area contributed by atoms with Crippen LogP contribution >= 0.6 is 0 Å². The van der Waals surface area contributed by atoms with Crippen molar-refractivity contribution >= 4 is 11.9 Å². The second-order valence-corrected chi connectivity index (χ2v) is 12.1.